The van der Waals surface area contributed by atoms with Gasteiger partial charge in [-0.15, -0.1) is 0 Å². The number of fused-ring (bicyclic) bond motifs is 1. The predicted molar refractivity (Wildman–Crippen MR) is 82.1 cm³/mol. The van der Waals surface area contributed by atoms with E-state index in [9.17, 15) is 9.18 Å². The fourth-order valence-electron chi connectivity index (χ4n) is 3.43. The lowest BCUT2D eigenvalue weighted by Crippen LogP contribution is -2.46. The van der Waals surface area contributed by atoms with E-state index in [-0.39, 0.29) is 17.6 Å². The zero-order chi connectivity index (χ0) is 16.7. The van der Waals surface area contributed by atoms with Crippen LogP contribution in [-0.4, -0.2) is 40.1 Å². The summed E-state index contributed by atoms with van der Waals surface area (Å²) in [5.41, 5.74) is 0.746. The molecule has 2 aliphatic rings. The van der Waals surface area contributed by atoms with Gasteiger partial charge in [-0.2, -0.15) is 4.98 Å². The molecule has 24 heavy (non-hydrogen) atoms. The smallest absolute Gasteiger partial charge is 0.264 e. The van der Waals surface area contributed by atoms with Crippen LogP contribution in [0.3, 0.4) is 0 Å². The van der Waals surface area contributed by atoms with Crippen molar-refractivity contribution in [3.8, 4) is 5.75 Å². The van der Waals surface area contributed by atoms with Crippen molar-refractivity contribution in [3.63, 3.8) is 0 Å². The molecule has 2 atom stereocenters. The van der Waals surface area contributed by atoms with Gasteiger partial charge in [0.2, 0.25) is 5.89 Å². The van der Waals surface area contributed by atoms with Crippen LogP contribution < -0.4 is 4.74 Å². The number of carbonyl (C=O) groups excluding carboxylic acids is 1. The van der Waals surface area contributed by atoms with Crippen LogP contribution in [0.2, 0.25) is 0 Å². The Balaban J connectivity index is 1.45. The number of aryl methyl sites for hydroxylation is 1. The number of ether oxygens (including phenoxy) is 1. The number of benzene rings is 1. The lowest BCUT2D eigenvalue weighted by Gasteiger charge is -2.32. The summed E-state index contributed by atoms with van der Waals surface area (Å²) < 4.78 is 24.1. The molecule has 1 saturated heterocycles. The van der Waals surface area contributed by atoms with Gasteiger partial charge in [-0.1, -0.05) is 5.16 Å². The molecule has 0 spiro atoms. The summed E-state index contributed by atoms with van der Waals surface area (Å²) in [6.45, 7) is 3.00. The zero-order valence-electron chi connectivity index (χ0n) is 13.4. The van der Waals surface area contributed by atoms with Crippen LogP contribution in [0.4, 0.5) is 4.39 Å². The fraction of sp³-hybridized carbons (Fsp3) is 0.471. The van der Waals surface area contributed by atoms with Gasteiger partial charge < -0.3 is 14.2 Å². The van der Waals surface area contributed by atoms with E-state index in [4.69, 9.17) is 9.26 Å². The van der Waals surface area contributed by atoms with Crippen LogP contribution in [0, 0.1) is 12.7 Å². The highest BCUT2D eigenvalue weighted by Gasteiger charge is 2.35. The maximum Gasteiger partial charge on any atom is 0.264 e. The first kappa shape index (κ1) is 15.1. The van der Waals surface area contributed by atoms with Crippen molar-refractivity contribution in [1.82, 2.24) is 15.0 Å². The Morgan fingerprint density at radius 1 is 1.42 bits per heavy atom. The summed E-state index contributed by atoms with van der Waals surface area (Å²) in [6.07, 6.45) is 1.65. The summed E-state index contributed by atoms with van der Waals surface area (Å²) in [5, 5.41) is 3.98. The van der Waals surface area contributed by atoms with Crippen molar-refractivity contribution in [3.05, 3.63) is 41.3 Å². The Labute approximate surface area is 138 Å². The van der Waals surface area contributed by atoms with E-state index in [0.29, 0.717) is 37.0 Å². The second-order valence-electron chi connectivity index (χ2n) is 6.36. The summed E-state index contributed by atoms with van der Waals surface area (Å²) in [6, 6.07) is 4.37. The maximum absolute atomic E-state index is 13.3. The number of likely N-dealkylation sites (tertiary alicyclic amines) is 1. The van der Waals surface area contributed by atoms with Crippen molar-refractivity contribution < 1.29 is 18.4 Å². The van der Waals surface area contributed by atoms with Gasteiger partial charge in [-0.3, -0.25) is 4.79 Å². The minimum atomic E-state index is -0.576. The first-order chi connectivity index (χ1) is 11.6. The minimum absolute atomic E-state index is 0.0588. The third-order valence-electron chi connectivity index (χ3n) is 4.61. The molecule has 0 aliphatic carbocycles. The molecular weight excluding hydrogens is 313 g/mol. The molecule has 0 bridgehead atoms. The molecule has 2 unspecified atom stereocenters. The normalized spacial score (nSPS) is 23.0. The Kier molecular flexibility index (Phi) is 3.70. The third-order valence-corrected chi connectivity index (χ3v) is 4.61. The number of hydrogen-bond acceptors (Lipinski definition) is 5. The first-order valence-electron chi connectivity index (χ1n) is 8.14. The largest absolute Gasteiger partial charge is 0.480 e. The van der Waals surface area contributed by atoms with Crippen molar-refractivity contribution in [2.75, 3.05) is 13.1 Å². The minimum Gasteiger partial charge on any atom is -0.480 e. The van der Waals surface area contributed by atoms with Crippen molar-refractivity contribution >= 4 is 5.91 Å². The molecule has 4 rings (SSSR count). The highest BCUT2D eigenvalue weighted by molar-refractivity contribution is 5.82. The summed E-state index contributed by atoms with van der Waals surface area (Å²) in [5.74, 6) is 1.50. The molecule has 0 saturated carbocycles. The van der Waals surface area contributed by atoms with E-state index >= 15 is 0 Å². The second-order valence-corrected chi connectivity index (χ2v) is 6.36. The van der Waals surface area contributed by atoms with E-state index in [0.717, 1.165) is 18.4 Å². The monoisotopic (exact) mass is 331 g/mol. The molecule has 7 heteroatoms. The van der Waals surface area contributed by atoms with Crippen molar-refractivity contribution in [2.24, 2.45) is 0 Å². The maximum atomic E-state index is 13.3. The van der Waals surface area contributed by atoms with Gasteiger partial charge in [-0.25, -0.2) is 4.39 Å². The average molecular weight is 331 g/mol. The molecule has 2 aromatic rings. The van der Waals surface area contributed by atoms with Crippen LogP contribution in [0.1, 0.15) is 36.0 Å². The molecular formula is C17H18FN3O3. The summed E-state index contributed by atoms with van der Waals surface area (Å²) >= 11 is 0. The molecule has 0 N–H and O–H groups in total. The Bertz CT molecular complexity index is 776. The number of carbonyl (C=O) groups is 1. The number of rotatable bonds is 2. The van der Waals surface area contributed by atoms with Crippen LogP contribution in [-0.2, 0) is 11.2 Å². The fourth-order valence-corrected chi connectivity index (χ4v) is 3.43. The first-order valence-corrected chi connectivity index (χ1v) is 8.14. The number of nitrogens with zero attached hydrogens (tertiary/aromatic N) is 3. The SMILES string of the molecule is Cc1nc(C2CCCN(C(=O)C3Cc4cc(F)ccc4O3)C2)no1. The third kappa shape index (κ3) is 2.74. The van der Waals surface area contributed by atoms with Gasteiger partial charge in [0.1, 0.15) is 11.6 Å². The Hall–Kier alpha value is -2.44. The average Bonchev–Trinajstić information content (AvgIpc) is 3.20. The van der Waals surface area contributed by atoms with Crippen LogP contribution in [0.5, 0.6) is 5.75 Å². The van der Waals surface area contributed by atoms with Gasteiger partial charge >= 0.3 is 0 Å². The zero-order valence-corrected chi connectivity index (χ0v) is 13.4. The molecule has 2 aliphatic heterocycles. The number of halogens is 1. The molecule has 0 radical (unpaired) electrons. The van der Waals surface area contributed by atoms with E-state index in [1.807, 2.05) is 0 Å². The quantitative estimate of drug-likeness (QED) is 0.844. The number of hydrogen-bond donors (Lipinski definition) is 0. The topological polar surface area (TPSA) is 68.5 Å². The van der Waals surface area contributed by atoms with E-state index < -0.39 is 6.10 Å². The van der Waals surface area contributed by atoms with E-state index in [1.54, 1.807) is 17.9 Å². The number of piperidine rings is 1. The van der Waals surface area contributed by atoms with E-state index in [2.05, 4.69) is 10.1 Å². The highest BCUT2D eigenvalue weighted by atomic mass is 19.1. The van der Waals surface area contributed by atoms with Crippen molar-refractivity contribution in [1.29, 1.82) is 0 Å². The molecule has 1 aromatic heterocycles. The van der Waals surface area contributed by atoms with Crippen LogP contribution in [0.25, 0.3) is 0 Å². The Morgan fingerprint density at radius 3 is 3.08 bits per heavy atom. The molecule has 1 fully saturated rings. The lowest BCUT2D eigenvalue weighted by molar-refractivity contribution is -0.139. The summed E-state index contributed by atoms with van der Waals surface area (Å²) in [7, 11) is 0. The second kappa shape index (κ2) is 5.89. The molecule has 6 nitrogen and oxygen atoms in total. The summed E-state index contributed by atoms with van der Waals surface area (Å²) in [4.78, 5) is 18.9. The van der Waals surface area contributed by atoms with Gasteiger partial charge in [-0.05, 0) is 31.0 Å². The molecule has 1 amide bonds. The van der Waals surface area contributed by atoms with Gasteiger partial charge in [0, 0.05) is 37.9 Å². The van der Waals surface area contributed by atoms with Crippen LogP contribution >= 0.6 is 0 Å². The predicted octanol–water partition coefficient (Wildman–Crippen LogP) is 2.23. The number of aromatic nitrogens is 2. The number of amides is 1. The molecule has 3 heterocycles. The molecule has 1 aromatic carbocycles. The van der Waals surface area contributed by atoms with Gasteiger partial charge in [0.25, 0.3) is 5.91 Å². The molecule has 126 valence electrons. The highest BCUT2D eigenvalue weighted by Crippen LogP contribution is 2.31. The lowest BCUT2D eigenvalue weighted by atomic mass is 9.96. The van der Waals surface area contributed by atoms with Gasteiger partial charge in [0.15, 0.2) is 11.9 Å². The standard InChI is InChI=1S/C17H18FN3O3/c1-10-19-16(20-24-10)11-3-2-6-21(9-11)17(22)15-8-12-7-13(18)4-5-14(12)23-15/h4-5,7,11,15H,2-3,6,8-9H2,1H3. The van der Waals surface area contributed by atoms with Crippen LogP contribution in [0.15, 0.2) is 22.7 Å². The van der Waals surface area contributed by atoms with Gasteiger partial charge in [0.05, 0.1) is 0 Å². The van der Waals surface area contributed by atoms with E-state index in [1.165, 1.54) is 12.1 Å². The van der Waals surface area contributed by atoms with Crippen molar-refractivity contribution in [2.45, 2.75) is 38.2 Å². The Morgan fingerprint density at radius 2 is 2.29 bits per heavy atom.